The molecular formula is C15H16BrClIN3O. The lowest BCUT2D eigenvalue weighted by Gasteiger charge is -2.07. The van der Waals surface area contributed by atoms with Crippen molar-refractivity contribution in [1.82, 2.24) is 0 Å². The Morgan fingerprint density at radius 2 is 1.95 bits per heavy atom. The minimum absolute atomic E-state index is 0. The highest BCUT2D eigenvalue weighted by Gasteiger charge is 2.01. The van der Waals surface area contributed by atoms with Crippen molar-refractivity contribution in [2.45, 2.75) is 6.54 Å². The van der Waals surface area contributed by atoms with Crippen molar-refractivity contribution >= 4 is 63.2 Å². The number of guanidine groups is 1. The van der Waals surface area contributed by atoms with Crippen molar-refractivity contribution in [3.63, 3.8) is 0 Å². The Kier molecular flexibility index (Phi) is 7.98. The second-order valence-corrected chi connectivity index (χ2v) is 5.61. The van der Waals surface area contributed by atoms with Gasteiger partial charge >= 0.3 is 0 Å². The average molecular weight is 497 g/mol. The zero-order valence-corrected chi connectivity index (χ0v) is 16.5. The van der Waals surface area contributed by atoms with Gasteiger partial charge in [0.1, 0.15) is 5.75 Å². The van der Waals surface area contributed by atoms with Crippen molar-refractivity contribution < 1.29 is 4.74 Å². The molecule has 0 spiro atoms. The van der Waals surface area contributed by atoms with E-state index in [4.69, 9.17) is 22.1 Å². The third kappa shape index (κ3) is 5.66. The second-order valence-electron chi connectivity index (χ2n) is 4.29. The molecular weight excluding hydrogens is 480 g/mol. The molecule has 0 bridgehead atoms. The Morgan fingerprint density at radius 3 is 2.55 bits per heavy atom. The minimum atomic E-state index is 0. The largest absolute Gasteiger partial charge is 0.497 e. The van der Waals surface area contributed by atoms with Gasteiger partial charge in [-0.1, -0.05) is 33.6 Å². The van der Waals surface area contributed by atoms with E-state index in [2.05, 4.69) is 26.2 Å². The number of hydrogen-bond donors (Lipinski definition) is 2. The highest BCUT2D eigenvalue weighted by molar-refractivity contribution is 14.0. The monoisotopic (exact) mass is 495 g/mol. The van der Waals surface area contributed by atoms with E-state index in [0.29, 0.717) is 17.5 Å². The number of rotatable bonds is 4. The van der Waals surface area contributed by atoms with Crippen LogP contribution in [0, 0.1) is 0 Å². The van der Waals surface area contributed by atoms with Crippen LogP contribution in [0.15, 0.2) is 51.9 Å². The molecule has 2 rings (SSSR count). The van der Waals surface area contributed by atoms with Crippen molar-refractivity contribution in [2.75, 3.05) is 12.4 Å². The van der Waals surface area contributed by atoms with Crippen LogP contribution in [0.1, 0.15) is 5.56 Å². The molecule has 0 saturated carbocycles. The number of aliphatic imine (C=N–C) groups is 1. The Labute approximate surface area is 160 Å². The van der Waals surface area contributed by atoms with Crippen LogP contribution >= 0.6 is 51.5 Å². The molecule has 0 fully saturated rings. The van der Waals surface area contributed by atoms with Gasteiger partial charge in [-0.15, -0.1) is 24.0 Å². The fraction of sp³-hybridized carbons (Fsp3) is 0.133. The molecule has 0 radical (unpaired) electrons. The topological polar surface area (TPSA) is 59.6 Å². The molecule has 4 nitrogen and oxygen atoms in total. The molecule has 0 atom stereocenters. The van der Waals surface area contributed by atoms with Crippen LogP contribution in [0.3, 0.4) is 0 Å². The van der Waals surface area contributed by atoms with Crippen LogP contribution in [0.25, 0.3) is 0 Å². The molecule has 2 aromatic rings. The number of nitrogens with two attached hydrogens (primary N) is 1. The fourth-order valence-corrected chi connectivity index (χ4v) is 2.42. The summed E-state index contributed by atoms with van der Waals surface area (Å²) in [4.78, 5) is 4.28. The van der Waals surface area contributed by atoms with Crippen LogP contribution < -0.4 is 15.8 Å². The van der Waals surface area contributed by atoms with E-state index in [0.717, 1.165) is 21.5 Å². The molecule has 118 valence electrons. The molecule has 0 amide bonds. The fourth-order valence-electron chi connectivity index (χ4n) is 1.68. The average Bonchev–Trinajstić information content (AvgIpc) is 2.47. The normalized spacial score (nSPS) is 10.8. The third-order valence-electron chi connectivity index (χ3n) is 2.80. The van der Waals surface area contributed by atoms with Gasteiger partial charge in [-0.3, -0.25) is 0 Å². The molecule has 2 aromatic carbocycles. The molecule has 7 heteroatoms. The van der Waals surface area contributed by atoms with Crippen LogP contribution in [0.4, 0.5) is 5.69 Å². The Morgan fingerprint density at radius 1 is 1.27 bits per heavy atom. The number of anilines is 1. The minimum Gasteiger partial charge on any atom is -0.497 e. The molecule has 0 saturated heterocycles. The number of nitrogens with zero attached hydrogens (tertiary/aromatic N) is 1. The summed E-state index contributed by atoms with van der Waals surface area (Å²) in [5, 5.41) is 3.67. The summed E-state index contributed by atoms with van der Waals surface area (Å²) in [5.74, 6) is 1.12. The van der Waals surface area contributed by atoms with Gasteiger partial charge in [0.25, 0.3) is 0 Å². The van der Waals surface area contributed by atoms with Gasteiger partial charge in [-0.25, -0.2) is 4.99 Å². The van der Waals surface area contributed by atoms with Gasteiger partial charge in [0.05, 0.1) is 13.7 Å². The van der Waals surface area contributed by atoms with Gasteiger partial charge in [0, 0.05) is 15.2 Å². The smallest absolute Gasteiger partial charge is 0.193 e. The molecule has 0 aliphatic heterocycles. The first-order valence-electron chi connectivity index (χ1n) is 6.23. The zero-order chi connectivity index (χ0) is 15.2. The maximum Gasteiger partial charge on any atom is 0.193 e. The van der Waals surface area contributed by atoms with E-state index < -0.39 is 0 Å². The number of halogens is 3. The lowest BCUT2D eigenvalue weighted by atomic mass is 10.2. The van der Waals surface area contributed by atoms with Crippen molar-refractivity contribution in [3.05, 3.63) is 57.5 Å². The third-order valence-corrected chi connectivity index (χ3v) is 3.64. The standard InChI is InChI=1S/C15H15BrClN3O.HI/c1-21-13-6-4-12(5-7-13)20-15(18)19-9-10-2-3-11(16)8-14(10)17;/h2-8H,9H2,1H3,(H3,18,19,20);1H. The Bertz CT molecular complexity index is 650. The second kappa shape index (κ2) is 9.22. The zero-order valence-electron chi connectivity index (χ0n) is 11.8. The van der Waals surface area contributed by atoms with Crippen molar-refractivity contribution in [2.24, 2.45) is 10.7 Å². The number of benzene rings is 2. The van der Waals surface area contributed by atoms with Crippen molar-refractivity contribution in [1.29, 1.82) is 0 Å². The van der Waals surface area contributed by atoms with Gasteiger partial charge in [-0.2, -0.15) is 0 Å². The molecule has 3 N–H and O–H groups in total. The van der Waals surface area contributed by atoms with Crippen LogP contribution in [0.2, 0.25) is 5.02 Å². The Hall–Kier alpha value is -0.990. The Balaban J connectivity index is 0.00000242. The lowest BCUT2D eigenvalue weighted by Crippen LogP contribution is -2.22. The predicted octanol–water partition coefficient (Wildman–Crippen LogP) is 4.66. The first-order chi connectivity index (χ1) is 10.1. The maximum atomic E-state index is 6.13. The summed E-state index contributed by atoms with van der Waals surface area (Å²) >= 11 is 9.50. The molecule has 0 aliphatic carbocycles. The first kappa shape index (κ1) is 19.1. The number of methoxy groups -OCH3 is 1. The van der Waals surface area contributed by atoms with Crippen molar-refractivity contribution in [3.8, 4) is 5.75 Å². The van der Waals surface area contributed by atoms with Gasteiger partial charge < -0.3 is 15.8 Å². The van der Waals surface area contributed by atoms with Crippen LogP contribution in [-0.4, -0.2) is 13.1 Å². The molecule has 0 aromatic heterocycles. The van der Waals surface area contributed by atoms with E-state index in [-0.39, 0.29) is 24.0 Å². The number of nitrogens with one attached hydrogen (secondary N) is 1. The lowest BCUT2D eigenvalue weighted by molar-refractivity contribution is 0.415. The predicted molar refractivity (Wildman–Crippen MR) is 107 cm³/mol. The molecule has 0 heterocycles. The van der Waals surface area contributed by atoms with E-state index in [1.807, 2.05) is 42.5 Å². The summed E-state index contributed by atoms with van der Waals surface area (Å²) in [6.45, 7) is 0.418. The summed E-state index contributed by atoms with van der Waals surface area (Å²) in [6, 6.07) is 13.1. The van der Waals surface area contributed by atoms with Gasteiger partial charge in [-0.05, 0) is 42.0 Å². The van der Waals surface area contributed by atoms with Crippen LogP contribution in [0.5, 0.6) is 5.75 Å². The molecule has 22 heavy (non-hydrogen) atoms. The molecule has 0 unspecified atom stereocenters. The van der Waals surface area contributed by atoms with E-state index in [1.54, 1.807) is 7.11 Å². The quantitative estimate of drug-likeness (QED) is 0.368. The number of hydrogen-bond acceptors (Lipinski definition) is 2. The SMILES string of the molecule is COc1ccc(NC(N)=NCc2ccc(Br)cc2Cl)cc1.I. The maximum absolute atomic E-state index is 6.13. The summed E-state index contributed by atoms with van der Waals surface area (Å²) in [6.07, 6.45) is 0. The van der Waals surface area contributed by atoms with Gasteiger partial charge in [0.2, 0.25) is 0 Å². The highest BCUT2D eigenvalue weighted by atomic mass is 127. The highest BCUT2D eigenvalue weighted by Crippen LogP contribution is 2.22. The van der Waals surface area contributed by atoms with Gasteiger partial charge in [0.15, 0.2) is 5.96 Å². The van der Waals surface area contributed by atoms with E-state index in [1.165, 1.54) is 0 Å². The summed E-state index contributed by atoms with van der Waals surface area (Å²) in [7, 11) is 1.63. The summed E-state index contributed by atoms with van der Waals surface area (Å²) < 4.78 is 6.03. The van der Waals surface area contributed by atoms with E-state index >= 15 is 0 Å². The van der Waals surface area contributed by atoms with E-state index in [9.17, 15) is 0 Å². The first-order valence-corrected chi connectivity index (χ1v) is 7.40. The number of ether oxygens (including phenoxy) is 1. The molecule has 0 aliphatic rings. The van der Waals surface area contributed by atoms with Crippen LogP contribution in [-0.2, 0) is 6.54 Å². The summed E-state index contributed by atoms with van der Waals surface area (Å²) in [5.41, 5.74) is 7.62.